The van der Waals surface area contributed by atoms with Gasteiger partial charge in [-0.15, -0.1) is 0 Å². The molecule has 6 nitrogen and oxygen atoms in total. The number of hydrogen-bond acceptors (Lipinski definition) is 3. The normalized spacial score (nSPS) is 24.2. The van der Waals surface area contributed by atoms with Gasteiger partial charge in [-0.05, 0) is 31.6 Å². The van der Waals surface area contributed by atoms with Crippen molar-refractivity contribution in [1.29, 1.82) is 0 Å². The highest BCUT2D eigenvalue weighted by molar-refractivity contribution is 5.74. The molecule has 2 saturated heterocycles. The van der Waals surface area contributed by atoms with Gasteiger partial charge in [0.1, 0.15) is 0 Å². The van der Waals surface area contributed by atoms with Gasteiger partial charge < -0.3 is 20.3 Å². The predicted octanol–water partition coefficient (Wildman–Crippen LogP) is 0.723. The molecule has 20 heavy (non-hydrogen) atoms. The molecule has 0 spiro atoms. The SMILES string of the molecule is CC(=O)N1CCC(NC(=O)NCC2CCCOC2)CC1. The molecule has 0 saturated carbocycles. The Labute approximate surface area is 120 Å². The molecule has 114 valence electrons. The molecule has 0 aromatic rings. The first-order valence-corrected chi connectivity index (χ1v) is 7.53. The molecule has 1 atom stereocenters. The number of nitrogens with one attached hydrogen (secondary N) is 2. The molecule has 0 aromatic heterocycles. The van der Waals surface area contributed by atoms with Crippen LogP contribution in [0.4, 0.5) is 4.79 Å². The largest absolute Gasteiger partial charge is 0.381 e. The van der Waals surface area contributed by atoms with Gasteiger partial charge in [-0.1, -0.05) is 0 Å². The van der Waals surface area contributed by atoms with Crippen LogP contribution in [0.15, 0.2) is 0 Å². The number of likely N-dealkylation sites (tertiary alicyclic amines) is 1. The van der Waals surface area contributed by atoms with Gasteiger partial charge in [-0.3, -0.25) is 4.79 Å². The number of rotatable bonds is 3. The highest BCUT2D eigenvalue weighted by Gasteiger charge is 2.22. The molecule has 2 fully saturated rings. The van der Waals surface area contributed by atoms with Crippen molar-refractivity contribution in [1.82, 2.24) is 15.5 Å². The maximum atomic E-state index is 11.8. The summed E-state index contributed by atoms with van der Waals surface area (Å²) in [4.78, 5) is 24.9. The van der Waals surface area contributed by atoms with Crippen molar-refractivity contribution in [3.63, 3.8) is 0 Å². The Hall–Kier alpha value is -1.30. The van der Waals surface area contributed by atoms with Crippen molar-refractivity contribution >= 4 is 11.9 Å². The Bertz CT molecular complexity index is 335. The average molecular weight is 283 g/mol. The van der Waals surface area contributed by atoms with Gasteiger partial charge in [0, 0.05) is 39.2 Å². The molecule has 2 N–H and O–H groups in total. The molecule has 2 aliphatic rings. The van der Waals surface area contributed by atoms with Crippen LogP contribution in [0.25, 0.3) is 0 Å². The van der Waals surface area contributed by atoms with Gasteiger partial charge in [-0.25, -0.2) is 4.79 Å². The molecule has 0 aromatic carbocycles. The Morgan fingerprint density at radius 2 is 2.00 bits per heavy atom. The third-order valence-corrected chi connectivity index (χ3v) is 4.08. The lowest BCUT2D eigenvalue weighted by atomic mass is 10.0. The fourth-order valence-corrected chi connectivity index (χ4v) is 2.78. The standard InChI is InChI=1S/C14H25N3O3/c1-11(18)17-6-4-13(5-7-17)16-14(19)15-9-12-3-2-8-20-10-12/h12-13H,2-10H2,1H3,(H2,15,16,19). The van der Waals surface area contributed by atoms with E-state index in [2.05, 4.69) is 10.6 Å². The van der Waals surface area contributed by atoms with Crippen molar-refractivity contribution in [3.8, 4) is 0 Å². The van der Waals surface area contributed by atoms with Crippen LogP contribution in [-0.4, -0.2) is 55.7 Å². The third kappa shape index (κ3) is 4.67. The lowest BCUT2D eigenvalue weighted by Crippen LogP contribution is -2.49. The van der Waals surface area contributed by atoms with E-state index < -0.39 is 0 Å². The number of carbonyl (C=O) groups excluding carboxylic acids is 2. The molecule has 1 unspecified atom stereocenters. The van der Waals surface area contributed by atoms with E-state index in [1.165, 1.54) is 0 Å². The highest BCUT2D eigenvalue weighted by atomic mass is 16.5. The molecular formula is C14H25N3O3. The first-order chi connectivity index (χ1) is 9.65. The Morgan fingerprint density at radius 3 is 2.60 bits per heavy atom. The maximum Gasteiger partial charge on any atom is 0.315 e. The lowest BCUT2D eigenvalue weighted by Gasteiger charge is -2.31. The van der Waals surface area contributed by atoms with E-state index in [9.17, 15) is 9.59 Å². The number of nitrogens with zero attached hydrogens (tertiary/aromatic N) is 1. The first-order valence-electron chi connectivity index (χ1n) is 7.53. The number of amides is 3. The second-order valence-corrected chi connectivity index (χ2v) is 5.72. The summed E-state index contributed by atoms with van der Waals surface area (Å²) in [6, 6.07) is 0.0741. The second-order valence-electron chi connectivity index (χ2n) is 5.72. The highest BCUT2D eigenvalue weighted by Crippen LogP contribution is 2.12. The van der Waals surface area contributed by atoms with Gasteiger partial charge in [0.15, 0.2) is 0 Å². The minimum absolute atomic E-state index is 0.100. The molecule has 2 rings (SSSR count). The van der Waals surface area contributed by atoms with Crippen LogP contribution in [-0.2, 0) is 9.53 Å². The van der Waals surface area contributed by atoms with Crippen molar-refractivity contribution < 1.29 is 14.3 Å². The van der Waals surface area contributed by atoms with Crippen LogP contribution in [0.3, 0.4) is 0 Å². The van der Waals surface area contributed by atoms with Gasteiger partial charge in [0.05, 0.1) is 6.61 Å². The van der Waals surface area contributed by atoms with Crippen LogP contribution < -0.4 is 10.6 Å². The summed E-state index contributed by atoms with van der Waals surface area (Å²) in [6.07, 6.45) is 3.87. The molecule has 2 aliphatic heterocycles. The predicted molar refractivity (Wildman–Crippen MR) is 75.4 cm³/mol. The number of hydrogen-bond donors (Lipinski definition) is 2. The van der Waals surface area contributed by atoms with E-state index >= 15 is 0 Å². The Morgan fingerprint density at radius 1 is 1.25 bits per heavy atom. The Kier molecular flexibility index (Phi) is 5.64. The summed E-state index contributed by atoms with van der Waals surface area (Å²) in [5.74, 6) is 0.555. The van der Waals surface area contributed by atoms with Crippen LogP contribution in [0.5, 0.6) is 0 Å². The van der Waals surface area contributed by atoms with E-state index in [-0.39, 0.29) is 18.0 Å². The van der Waals surface area contributed by atoms with E-state index in [1.807, 2.05) is 4.90 Å². The minimum Gasteiger partial charge on any atom is -0.381 e. The average Bonchev–Trinajstić information content (AvgIpc) is 2.47. The van der Waals surface area contributed by atoms with Gasteiger partial charge >= 0.3 is 6.03 Å². The van der Waals surface area contributed by atoms with Crippen molar-refractivity contribution in [2.75, 3.05) is 32.8 Å². The number of urea groups is 1. The smallest absolute Gasteiger partial charge is 0.315 e. The van der Waals surface area contributed by atoms with Crippen molar-refractivity contribution in [3.05, 3.63) is 0 Å². The van der Waals surface area contributed by atoms with Crippen molar-refractivity contribution in [2.24, 2.45) is 5.92 Å². The fraction of sp³-hybridized carbons (Fsp3) is 0.857. The Balaban J connectivity index is 1.61. The summed E-state index contributed by atoms with van der Waals surface area (Å²) >= 11 is 0. The summed E-state index contributed by atoms with van der Waals surface area (Å²) < 4.78 is 5.39. The maximum absolute atomic E-state index is 11.8. The summed E-state index contributed by atoms with van der Waals surface area (Å²) in [5, 5.41) is 5.91. The zero-order valence-corrected chi connectivity index (χ0v) is 12.2. The van der Waals surface area contributed by atoms with Crippen molar-refractivity contribution in [2.45, 2.75) is 38.6 Å². The monoisotopic (exact) mass is 283 g/mol. The van der Waals surface area contributed by atoms with Crippen LogP contribution >= 0.6 is 0 Å². The molecule has 6 heteroatoms. The van der Waals surface area contributed by atoms with E-state index in [0.717, 1.165) is 52.0 Å². The molecule has 2 heterocycles. The fourth-order valence-electron chi connectivity index (χ4n) is 2.78. The van der Waals surface area contributed by atoms with Crippen LogP contribution in [0, 0.1) is 5.92 Å². The lowest BCUT2D eigenvalue weighted by molar-refractivity contribution is -0.129. The van der Waals surface area contributed by atoms with Crippen LogP contribution in [0.1, 0.15) is 32.6 Å². The number of ether oxygens (including phenoxy) is 1. The number of piperidine rings is 1. The third-order valence-electron chi connectivity index (χ3n) is 4.08. The zero-order valence-electron chi connectivity index (χ0n) is 12.2. The van der Waals surface area contributed by atoms with Gasteiger partial charge in [0.25, 0.3) is 0 Å². The second kappa shape index (κ2) is 7.47. The molecule has 3 amide bonds. The van der Waals surface area contributed by atoms with E-state index in [0.29, 0.717) is 12.5 Å². The molecule has 0 radical (unpaired) electrons. The van der Waals surface area contributed by atoms with Gasteiger partial charge in [-0.2, -0.15) is 0 Å². The summed E-state index contributed by atoms with van der Waals surface area (Å²) in [5.41, 5.74) is 0. The minimum atomic E-state index is -0.100. The summed E-state index contributed by atoms with van der Waals surface area (Å²) in [7, 11) is 0. The quantitative estimate of drug-likeness (QED) is 0.802. The van der Waals surface area contributed by atoms with E-state index in [1.54, 1.807) is 6.92 Å². The van der Waals surface area contributed by atoms with Crippen LogP contribution in [0.2, 0.25) is 0 Å². The number of carbonyl (C=O) groups is 2. The first kappa shape index (κ1) is 15.1. The summed E-state index contributed by atoms with van der Waals surface area (Å²) in [6.45, 7) is 5.33. The molecule has 0 aliphatic carbocycles. The van der Waals surface area contributed by atoms with Gasteiger partial charge in [0.2, 0.25) is 5.91 Å². The van der Waals surface area contributed by atoms with E-state index in [4.69, 9.17) is 4.74 Å². The topological polar surface area (TPSA) is 70.7 Å². The zero-order chi connectivity index (χ0) is 14.4. The molecule has 0 bridgehead atoms. The molecular weight excluding hydrogens is 258 g/mol.